The fourth-order valence-corrected chi connectivity index (χ4v) is 1.07. The molecular weight excluding hydrogens is 181 g/mol. The zero-order chi connectivity index (χ0) is 10.6. The number of hydrogen-bond donors (Lipinski definition) is 1. The summed E-state index contributed by atoms with van der Waals surface area (Å²) in [7, 11) is 0. The van der Waals surface area contributed by atoms with Crippen LogP contribution in [0.3, 0.4) is 0 Å². The summed E-state index contributed by atoms with van der Waals surface area (Å²) in [5, 5.41) is 0. The molecule has 1 rings (SSSR count). The molecule has 0 saturated carbocycles. The van der Waals surface area contributed by atoms with Gasteiger partial charge in [0.25, 0.3) is 0 Å². The van der Waals surface area contributed by atoms with Crippen LogP contribution < -0.4 is 10.5 Å². The van der Waals surface area contributed by atoms with Gasteiger partial charge in [-0.05, 0) is 24.5 Å². The predicted molar refractivity (Wildman–Crippen MR) is 55.8 cm³/mol. The molecule has 78 valence electrons. The first-order valence-corrected chi connectivity index (χ1v) is 4.78. The molecule has 0 fully saturated rings. The topological polar surface area (TPSA) is 35.2 Å². The molecule has 0 aliphatic rings. The smallest absolute Gasteiger partial charge is 0.177 e. The van der Waals surface area contributed by atoms with E-state index < -0.39 is 5.82 Å². The highest BCUT2D eigenvalue weighted by molar-refractivity contribution is 5.52. The van der Waals surface area contributed by atoms with Crippen molar-refractivity contribution in [3.63, 3.8) is 0 Å². The maximum absolute atomic E-state index is 13.2. The van der Waals surface area contributed by atoms with Crippen molar-refractivity contribution in [3.05, 3.63) is 24.0 Å². The number of hydrogen-bond acceptors (Lipinski definition) is 2. The normalized spacial score (nSPS) is 10.6. The van der Waals surface area contributed by atoms with E-state index in [0.717, 1.165) is 6.42 Å². The van der Waals surface area contributed by atoms with Crippen LogP contribution in [-0.2, 0) is 0 Å². The lowest BCUT2D eigenvalue weighted by Crippen LogP contribution is -2.04. The molecule has 0 atom stereocenters. The van der Waals surface area contributed by atoms with Gasteiger partial charge in [0.15, 0.2) is 11.6 Å². The van der Waals surface area contributed by atoms with Crippen LogP contribution in [0.5, 0.6) is 5.75 Å². The summed E-state index contributed by atoms with van der Waals surface area (Å²) in [5.41, 5.74) is 5.93. The van der Waals surface area contributed by atoms with E-state index in [1.165, 1.54) is 6.07 Å². The molecule has 0 heterocycles. The van der Waals surface area contributed by atoms with Gasteiger partial charge in [-0.25, -0.2) is 4.39 Å². The van der Waals surface area contributed by atoms with Gasteiger partial charge in [0.2, 0.25) is 0 Å². The zero-order valence-corrected chi connectivity index (χ0v) is 8.59. The summed E-state index contributed by atoms with van der Waals surface area (Å²) in [6.45, 7) is 4.69. The van der Waals surface area contributed by atoms with Crippen molar-refractivity contribution in [2.75, 3.05) is 12.3 Å². The highest BCUT2D eigenvalue weighted by Gasteiger charge is 2.06. The van der Waals surface area contributed by atoms with Gasteiger partial charge in [0.05, 0.1) is 12.3 Å². The van der Waals surface area contributed by atoms with Gasteiger partial charge in [-0.2, -0.15) is 0 Å². The van der Waals surface area contributed by atoms with E-state index >= 15 is 0 Å². The predicted octanol–water partition coefficient (Wildman–Crippen LogP) is 2.83. The number of ether oxygens (including phenoxy) is 1. The van der Waals surface area contributed by atoms with Crippen molar-refractivity contribution in [3.8, 4) is 5.75 Å². The minimum atomic E-state index is -0.395. The Kier molecular flexibility index (Phi) is 3.74. The van der Waals surface area contributed by atoms with Gasteiger partial charge < -0.3 is 10.5 Å². The van der Waals surface area contributed by atoms with Gasteiger partial charge in [-0.3, -0.25) is 0 Å². The minimum absolute atomic E-state index is 0.174. The lowest BCUT2D eigenvalue weighted by atomic mass is 10.1. The number of nitrogens with two attached hydrogens (primary N) is 1. The molecule has 0 spiro atoms. The van der Waals surface area contributed by atoms with Gasteiger partial charge in [0, 0.05) is 0 Å². The van der Waals surface area contributed by atoms with E-state index in [9.17, 15) is 4.39 Å². The van der Waals surface area contributed by atoms with Gasteiger partial charge in [-0.1, -0.05) is 19.9 Å². The first-order valence-electron chi connectivity index (χ1n) is 4.78. The number of para-hydroxylation sites is 1. The quantitative estimate of drug-likeness (QED) is 0.753. The van der Waals surface area contributed by atoms with Gasteiger partial charge in [0.1, 0.15) is 0 Å². The van der Waals surface area contributed by atoms with Crippen molar-refractivity contribution in [2.45, 2.75) is 20.3 Å². The number of benzene rings is 1. The molecule has 0 aliphatic heterocycles. The van der Waals surface area contributed by atoms with E-state index in [0.29, 0.717) is 18.2 Å². The Bertz CT molecular complexity index is 279. The Labute approximate surface area is 83.9 Å². The van der Waals surface area contributed by atoms with Crippen LogP contribution >= 0.6 is 0 Å². The third-order valence-electron chi connectivity index (χ3n) is 1.94. The lowest BCUT2D eigenvalue weighted by Gasteiger charge is -2.10. The molecule has 3 heteroatoms. The average molecular weight is 197 g/mol. The first kappa shape index (κ1) is 10.8. The molecule has 0 aromatic heterocycles. The van der Waals surface area contributed by atoms with Gasteiger partial charge in [-0.15, -0.1) is 0 Å². The SMILES string of the molecule is CC(C)CCOc1c(N)cccc1F. The molecule has 0 aliphatic carbocycles. The Hall–Kier alpha value is -1.25. The van der Waals surface area contributed by atoms with E-state index in [1.54, 1.807) is 12.1 Å². The summed E-state index contributed by atoms with van der Waals surface area (Å²) in [5.74, 6) is 0.324. The summed E-state index contributed by atoms with van der Waals surface area (Å²) < 4.78 is 18.4. The van der Waals surface area contributed by atoms with Crippen LogP contribution in [-0.4, -0.2) is 6.61 Å². The van der Waals surface area contributed by atoms with Crippen LogP contribution in [0.1, 0.15) is 20.3 Å². The van der Waals surface area contributed by atoms with Crippen LogP contribution in [0.2, 0.25) is 0 Å². The molecule has 1 aromatic rings. The molecule has 2 nitrogen and oxygen atoms in total. The largest absolute Gasteiger partial charge is 0.488 e. The minimum Gasteiger partial charge on any atom is -0.488 e. The molecular formula is C11H16FNO. The molecule has 14 heavy (non-hydrogen) atoms. The standard InChI is InChI=1S/C11H16FNO/c1-8(2)6-7-14-11-9(12)4-3-5-10(11)13/h3-5,8H,6-7,13H2,1-2H3. The number of halogens is 1. The molecule has 0 amide bonds. The highest BCUT2D eigenvalue weighted by Crippen LogP contribution is 2.24. The summed E-state index contributed by atoms with van der Waals surface area (Å²) in [4.78, 5) is 0. The summed E-state index contributed by atoms with van der Waals surface area (Å²) >= 11 is 0. The van der Waals surface area contributed by atoms with E-state index in [2.05, 4.69) is 13.8 Å². The number of anilines is 1. The maximum Gasteiger partial charge on any atom is 0.177 e. The molecule has 0 saturated heterocycles. The Morgan fingerprint density at radius 2 is 2.14 bits per heavy atom. The molecule has 0 bridgehead atoms. The van der Waals surface area contributed by atoms with Crippen LogP contribution in [0.4, 0.5) is 10.1 Å². The highest BCUT2D eigenvalue weighted by atomic mass is 19.1. The lowest BCUT2D eigenvalue weighted by molar-refractivity contribution is 0.278. The number of rotatable bonds is 4. The Morgan fingerprint density at radius 1 is 1.43 bits per heavy atom. The van der Waals surface area contributed by atoms with Crippen molar-refractivity contribution in [1.82, 2.24) is 0 Å². The third-order valence-corrected chi connectivity index (χ3v) is 1.94. The van der Waals surface area contributed by atoms with Crippen LogP contribution in [0, 0.1) is 11.7 Å². The van der Waals surface area contributed by atoms with Crippen molar-refractivity contribution < 1.29 is 9.13 Å². The Morgan fingerprint density at radius 3 is 2.71 bits per heavy atom. The average Bonchev–Trinajstić information content (AvgIpc) is 2.09. The molecule has 0 radical (unpaired) electrons. The second kappa shape index (κ2) is 4.84. The van der Waals surface area contributed by atoms with Crippen molar-refractivity contribution >= 4 is 5.69 Å². The molecule has 2 N–H and O–H groups in total. The maximum atomic E-state index is 13.2. The van der Waals surface area contributed by atoms with E-state index in [4.69, 9.17) is 10.5 Å². The molecule has 0 unspecified atom stereocenters. The van der Waals surface area contributed by atoms with Crippen LogP contribution in [0.25, 0.3) is 0 Å². The second-order valence-corrected chi connectivity index (χ2v) is 3.69. The summed E-state index contributed by atoms with van der Waals surface area (Å²) in [6, 6.07) is 4.55. The monoisotopic (exact) mass is 197 g/mol. The summed E-state index contributed by atoms with van der Waals surface area (Å²) in [6.07, 6.45) is 0.897. The number of nitrogen functional groups attached to an aromatic ring is 1. The Balaban J connectivity index is 2.58. The van der Waals surface area contributed by atoms with E-state index in [-0.39, 0.29) is 5.75 Å². The molecule has 1 aromatic carbocycles. The van der Waals surface area contributed by atoms with E-state index in [1.807, 2.05) is 0 Å². The third kappa shape index (κ3) is 2.91. The second-order valence-electron chi connectivity index (χ2n) is 3.69. The zero-order valence-electron chi connectivity index (χ0n) is 8.59. The van der Waals surface area contributed by atoms with Crippen molar-refractivity contribution in [1.29, 1.82) is 0 Å². The van der Waals surface area contributed by atoms with Crippen LogP contribution in [0.15, 0.2) is 18.2 Å². The van der Waals surface area contributed by atoms with Gasteiger partial charge >= 0.3 is 0 Å². The first-order chi connectivity index (χ1) is 6.61. The fraction of sp³-hybridized carbons (Fsp3) is 0.455. The van der Waals surface area contributed by atoms with Crippen molar-refractivity contribution in [2.24, 2.45) is 5.92 Å². The fourth-order valence-electron chi connectivity index (χ4n) is 1.07.